The third kappa shape index (κ3) is 1.85. The van der Waals surface area contributed by atoms with Crippen LogP contribution in [0.25, 0.3) is 28.0 Å². The number of rotatable bonds is 2. The summed E-state index contributed by atoms with van der Waals surface area (Å²) >= 11 is 0. The average molecular weight is 303 g/mol. The molecule has 0 saturated carbocycles. The molecule has 2 nitrogen and oxygen atoms in total. The van der Waals surface area contributed by atoms with Crippen LogP contribution in [0.4, 0.5) is 0 Å². The first-order chi connectivity index (χ1) is 8.33. The van der Waals surface area contributed by atoms with Gasteiger partial charge in [0.15, 0.2) is 11.0 Å². The van der Waals surface area contributed by atoms with Crippen molar-refractivity contribution in [1.29, 1.82) is 0 Å². The van der Waals surface area contributed by atoms with Crippen LogP contribution in [-0.4, -0.2) is 4.57 Å². The van der Waals surface area contributed by atoms with Crippen LogP contribution in [-0.2, 0) is 6.54 Å². The molecule has 92 valence electrons. The summed E-state index contributed by atoms with van der Waals surface area (Å²) in [7, 11) is 0. The van der Waals surface area contributed by atoms with Crippen LogP contribution >= 0.6 is 0 Å². The Balaban J connectivity index is 0.00000120. The highest BCUT2D eigenvalue weighted by Gasteiger charge is 2.13. The summed E-state index contributed by atoms with van der Waals surface area (Å²) in [5, 5.41) is 2.55. The van der Waals surface area contributed by atoms with Crippen LogP contribution in [0.2, 0.25) is 0 Å². The zero-order valence-electron chi connectivity index (χ0n) is 10.3. The highest BCUT2D eigenvalue weighted by Crippen LogP contribution is 2.21. The van der Waals surface area contributed by atoms with Gasteiger partial charge in [-0.1, -0.05) is 30.8 Å². The predicted molar refractivity (Wildman–Crippen MR) is 71.7 cm³/mol. The number of hydrogen-bond donors (Lipinski definition) is 0. The molecule has 0 atom stereocenters. The zero-order chi connectivity index (χ0) is 11.8. The van der Waals surface area contributed by atoms with Crippen LogP contribution in [0.15, 0.2) is 49.3 Å². The smallest absolute Gasteiger partial charge is 0.249 e. The fourth-order valence-corrected chi connectivity index (χ4v) is 2.33. The van der Waals surface area contributed by atoms with E-state index in [9.17, 15) is 0 Å². The maximum absolute atomic E-state index is 3.86. The van der Waals surface area contributed by atoms with Crippen molar-refractivity contribution in [3.63, 3.8) is 0 Å². The number of aromatic nitrogens is 2. The second-order valence-corrected chi connectivity index (χ2v) is 4.18. The topological polar surface area (TPSA) is 8.81 Å². The van der Waals surface area contributed by atoms with E-state index in [4.69, 9.17) is 0 Å². The van der Waals surface area contributed by atoms with E-state index >= 15 is 0 Å². The Labute approximate surface area is 117 Å². The van der Waals surface area contributed by atoms with Gasteiger partial charge in [-0.05, 0) is 29.8 Å². The summed E-state index contributed by atoms with van der Waals surface area (Å²) in [5.41, 5.74) is 2.46. The van der Waals surface area contributed by atoms with Crippen molar-refractivity contribution in [2.45, 2.75) is 13.5 Å². The second-order valence-electron chi connectivity index (χ2n) is 4.18. The molecule has 0 aliphatic carbocycles. The number of benzene rings is 2. The minimum absolute atomic E-state index is 0. The van der Waals surface area contributed by atoms with Gasteiger partial charge < -0.3 is 17.0 Å². The van der Waals surface area contributed by atoms with Crippen molar-refractivity contribution >= 4 is 28.0 Å². The summed E-state index contributed by atoms with van der Waals surface area (Å²) in [6.45, 7) is 6.98. The molecule has 3 aromatic rings. The molecule has 0 unspecified atom stereocenters. The molecule has 0 fully saturated rings. The lowest BCUT2D eigenvalue weighted by Gasteiger charge is -1.97. The first-order valence-electron chi connectivity index (χ1n) is 5.89. The quantitative estimate of drug-likeness (QED) is 0.599. The maximum Gasteiger partial charge on any atom is 0.249 e. The summed E-state index contributed by atoms with van der Waals surface area (Å²) in [6, 6.07) is 12.9. The maximum atomic E-state index is 3.86. The fraction of sp³-hybridized carbons (Fsp3) is 0.133. The van der Waals surface area contributed by atoms with Crippen LogP contribution in [0, 0.1) is 0 Å². The molecule has 18 heavy (non-hydrogen) atoms. The number of aryl methyl sites for hydroxylation is 1. The molecule has 0 aliphatic heterocycles. The third-order valence-corrected chi connectivity index (χ3v) is 3.23. The van der Waals surface area contributed by atoms with E-state index in [-0.39, 0.29) is 17.0 Å². The minimum atomic E-state index is 0. The van der Waals surface area contributed by atoms with Gasteiger partial charge in [0.05, 0.1) is 12.7 Å². The summed E-state index contributed by atoms with van der Waals surface area (Å²) < 4.78 is 4.31. The van der Waals surface area contributed by atoms with Gasteiger partial charge in [0.1, 0.15) is 0 Å². The lowest BCUT2D eigenvalue weighted by molar-refractivity contribution is -0.668. The minimum Gasteiger partial charge on any atom is -1.00 e. The largest absolute Gasteiger partial charge is 1.00 e. The average Bonchev–Trinajstić information content (AvgIpc) is 2.73. The molecule has 2 aromatic carbocycles. The molecule has 3 heteroatoms. The zero-order valence-corrected chi connectivity index (χ0v) is 11.9. The van der Waals surface area contributed by atoms with Gasteiger partial charge in [-0.15, -0.1) is 0 Å². The Morgan fingerprint density at radius 1 is 1.22 bits per heavy atom. The Morgan fingerprint density at radius 3 is 2.50 bits per heavy atom. The van der Waals surface area contributed by atoms with Crippen LogP contribution < -0.4 is 21.5 Å². The molecule has 0 saturated heterocycles. The first kappa shape index (κ1) is 12.8. The highest BCUT2D eigenvalue weighted by molar-refractivity contribution is 5.94. The number of halogens is 1. The number of fused-ring (bicyclic) bond motifs is 2. The van der Waals surface area contributed by atoms with Crippen molar-refractivity contribution in [1.82, 2.24) is 4.57 Å². The standard InChI is InChI=1S/C15H15N2.BrH/c1-3-16-11-17(4-2)15-10-13-8-6-5-7-12(13)9-14(15)16;/h3,5-11H,1,4H2,2H3;1H/q+1;/p-1. The molecule has 0 spiro atoms. The van der Waals surface area contributed by atoms with Gasteiger partial charge in [0.25, 0.3) is 0 Å². The van der Waals surface area contributed by atoms with E-state index in [0.717, 1.165) is 6.54 Å². The molecule has 1 aromatic heterocycles. The highest BCUT2D eigenvalue weighted by atomic mass is 79.9. The molecule has 0 radical (unpaired) electrons. The molecule has 0 aliphatic rings. The SMILES string of the molecule is C=Cn1c[n+](CC)c2cc3ccccc3cc21.[Br-]. The van der Waals surface area contributed by atoms with Crippen molar-refractivity contribution in [2.75, 3.05) is 0 Å². The van der Waals surface area contributed by atoms with E-state index in [2.05, 4.69) is 65.4 Å². The third-order valence-electron chi connectivity index (χ3n) is 3.23. The Hall–Kier alpha value is -1.61. The predicted octanol–water partition coefficient (Wildman–Crippen LogP) is 0.206. The van der Waals surface area contributed by atoms with Gasteiger partial charge in [-0.25, -0.2) is 9.13 Å². The van der Waals surface area contributed by atoms with Crippen LogP contribution in [0.5, 0.6) is 0 Å². The van der Waals surface area contributed by atoms with Gasteiger partial charge >= 0.3 is 0 Å². The molecular formula is C15H15BrN2. The van der Waals surface area contributed by atoms with Gasteiger partial charge in [-0.2, -0.15) is 0 Å². The first-order valence-corrected chi connectivity index (χ1v) is 5.89. The fourth-order valence-electron chi connectivity index (χ4n) is 2.33. The van der Waals surface area contributed by atoms with Gasteiger partial charge in [0, 0.05) is 0 Å². The number of imidazole rings is 1. The molecule has 0 bridgehead atoms. The molecule has 3 rings (SSSR count). The molecule has 1 heterocycles. The molecule has 0 N–H and O–H groups in total. The van der Waals surface area contributed by atoms with Gasteiger partial charge in [-0.3, -0.25) is 0 Å². The molecular weight excluding hydrogens is 288 g/mol. The van der Waals surface area contributed by atoms with E-state index in [1.165, 1.54) is 21.8 Å². The number of nitrogens with zero attached hydrogens (tertiary/aromatic N) is 2. The summed E-state index contributed by atoms with van der Waals surface area (Å²) in [4.78, 5) is 0. The van der Waals surface area contributed by atoms with E-state index in [0.29, 0.717) is 0 Å². The Bertz CT molecular complexity index is 713. The summed E-state index contributed by atoms with van der Waals surface area (Å²) in [5.74, 6) is 0. The van der Waals surface area contributed by atoms with Crippen LogP contribution in [0.1, 0.15) is 6.92 Å². The Morgan fingerprint density at radius 2 is 1.89 bits per heavy atom. The van der Waals surface area contributed by atoms with Crippen molar-refractivity contribution in [3.8, 4) is 0 Å². The van der Waals surface area contributed by atoms with Crippen molar-refractivity contribution in [3.05, 3.63) is 49.3 Å². The van der Waals surface area contributed by atoms with Gasteiger partial charge in [0.2, 0.25) is 6.33 Å². The van der Waals surface area contributed by atoms with E-state index in [1.807, 2.05) is 6.20 Å². The number of hydrogen-bond acceptors (Lipinski definition) is 0. The van der Waals surface area contributed by atoms with Crippen LogP contribution in [0.3, 0.4) is 0 Å². The summed E-state index contributed by atoms with van der Waals surface area (Å²) in [6.07, 6.45) is 3.94. The normalized spacial score (nSPS) is 10.5. The molecule has 0 amide bonds. The second kappa shape index (κ2) is 4.94. The monoisotopic (exact) mass is 302 g/mol. The Kier molecular flexibility index (Phi) is 3.53. The lowest BCUT2D eigenvalue weighted by Crippen LogP contribution is -3.00. The van der Waals surface area contributed by atoms with E-state index < -0.39 is 0 Å². The van der Waals surface area contributed by atoms with Crippen molar-refractivity contribution < 1.29 is 21.5 Å². The van der Waals surface area contributed by atoms with E-state index in [1.54, 1.807) is 0 Å². The lowest BCUT2D eigenvalue weighted by atomic mass is 10.1. The van der Waals surface area contributed by atoms with Crippen molar-refractivity contribution in [2.24, 2.45) is 0 Å².